The summed E-state index contributed by atoms with van der Waals surface area (Å²) in [6.45, 7) is 1.39. The first kappa shape index (κ1) is 14.5. The predicted molar refractivity (Wildman–Crippen MR) is 82.0 cm³/mol. The number of rotatable bonds is 4. The number of furan rings is 1. The van der Waals surface area contributed by atoms with Gasteiger partial charge < -0.3 is 19.2 Å². The van der Waals surface area contributed by atoms with E-state index in [1.807, 2.05) is 0 Å². The van der Waals surface area contributed by atoms with Gasteiger partial charge in [-0.1, -0.05) is 11.6 Å². The molecule has 1 aromatic heterocycles. The Hall–Kier alpha value is -2.40. The number of amides is 1. The molecular formula is C16H14ClNO4. The molecule has 114 valence electrons. The third-order valence-electron chi connectivity index (χ3n) is 3.09. The molecule has 1 N–H and O–H groups in total. The highest BCUT2D eigenvalue weighted by Crippen LogP contribution is 2.38. The van der Waals surface area contributed by atoms with Crippen molar-refractivity contribution >= 4 is 23.6 Å². The number of hydrogen-bond donors (Lipinski definition) is 1. The lowest BCUT2D eigenvalue weighted by Crippen LogP contribution is -2.19. The van der Waals surface area contributed by atoms with Gasteiger partial charge in [-0.3, -0.25) is 4.79 Å². The maximum absolute atomic E-state index is 11.8. The molecular weight excluding hydrogens is 306 g/mol. The van der Waals surface area contributed by atoms with Crippen LogP contribution in [0.25, 0.3) is 6.08 Å². The van der Waals surface area contributed by atoms with Gasteiger partial charge in [0.05, 0.1) is 17.5 Å². The van der Waals surface area contributed by atoms with Crippen LogP contribution in [0.15, 0.2) is 41.2 Å². The summed E-state index contributed by atoms with van der Waals surface area (Å²) < 4.78 is 15.9. The Kier molecular flexibility index (Phi) is 4.34. The number of carbonyl (C=O) groups excluding carboxylic acids is 1. The molecule has 0 spiro atoms. The smallest absolute Gasteiger partial charge is 0.244 e. The van der Waals surface area contributed by atoms with Crippen LogP contribution >= 0.6 is 11.6 Å². The summed E-state index contributed by atoms with van der Waals surface area (Å²) in [6, 6.07) is 5.32. The average Bonchev–Trinajstić information content (AvgIpc) is 3.04. The maximum Gasteiger partial charge on any atom is 0.244 e. The van der Waals surface area contributed by atoms with Gasteiger partial charge in [0.15, 0.2) is 11.5 Å². The minimum Gasteiger partial charge on any atom is -0.486 e. The molecule has 1 amide bonds. The molecule has 1 aromatic carbocycles. The third-order valence-corrected chi connectivity index (χ3v) is 3.37. The van der Waals surface area contributed by atoms with Gasteiger partial charge in [0.2, 0.25) is 5.91 Å². The van der Waals surface area contributed by atoms with Gasteiger partial charge in [-0.05, 0) is 29.8 Å². The van der Waals surface area contributed by atoms with Crippen LogP contribution in [0.5, 0.6) is 11.5 Å². The van der Waals surface area contributed by atoms with Crippen LogP contribution in [-0.2, 0) is 11.3 Å². The second-order valence-corrected chi connectivity index (χ2v) is 5.12. The van der Waals surface area contributed by atoms with E-state index in [-0.39, 0.29) is 5.91 Å². The normalized spacial score (nSPS) is 13.3. The van der Waals surface area contributed by atoms with Crippen molar-refractivity contribution in [2.45, 2.75) is 6.54 Å². The van der Waals surface area contributed by atoms with Gasteiger partial charge in [-0.2, -0.15) is 0 Å². The Morgan fingerprint density at radius 2 is 2.18 bits per heavy atom. The quantitative estimate of drug-likeness (QED) is 0.880. The number of nitrogens with one attached hydrogen (secondary N) is 1. The second kappa shape index (κ2) is 6.58. The van der Waals surface area contributed by atoms with Crippen molar-refractivity contribution in [1.82, 2.24) is 5.32 Å². The topological polar surface area (TPSA) is 60.7 Å². The van der Waals surface area contributed by atoms with E-state index >= 15 is 0 Å². The van der Waals surface area contributed by atoms with E-state index in [4.69, 9.17) is 25.5 Å². The summed E-state index contributed by atoms with van der Waals surface area (Å²) >= 11 is 6.14. The Morgan fingerprint density at radius 3 is 3.00 bits per heavy atom. The Morgan fingerprint density at radius 1 is 1.32 bits per heavy atom. The fourth-order valence-corrected chi connectivity index (χ4v) is 2.31. The van der Waals surface area contributed by atoms with Crippen LogP contribution in [0.2, 0.25) is 5.02 Å². The number of ether oxygens (including phenoxy) is 2. The molecule has 1 aliphatic heterocycles. The SMILES string of the molecule is O=C(/C=C/c1cc(Cl)c2c(c1)OCCO2)NCc1ccoc1. The van der Waals surface area contributed by atoms with Crippen molar-refractivity contribution in [1.29, 1.82) is 0 Å². The van der Waals surface area contributed by atoms with E-state index in [1.165, 1.54) is 6.08 Å². The first-order chi connectivity index (χ1) is 10.7. The highest BCUT2D eigenvalue weighted by molar-refractivity contribution is 6.32. The fourth-order valence-electron chi connectivity index (χ4n) is 2.04. The summed E-state index contributed by atoms with van der Waals surface area (Å²) in [4.78, 5) is 11.8. The predicted octanol–water partition coefficient (Wildman–Crippen LogP) is 3.03. The monoisotopic (exact) mass is 319 g/mol. The van der Waals surface area contributed by atoms with Crippen molar-refractivity contribution in [2.24, 2.45) is 0 Å². The van der Waals surface area contributed by atoms with Crippen molar-refractivity contribution in [3.63, 3.8) is 0 Å². The summed E-state index contributed by atoms with van der Waals surface area (Å²) in [5, 5.41) is 3.23. The second-order valence-electron chi connectivity index (χ2n) is 4.71. The van der Waals surface area contributed by atoms with Gasteiger partial charge in [0, 0.05) is 18.2 Å². The minimum atomic E-state index is -0.202. The van der Waals surface area contributed by atoms with E-state index in [2.05, 4.69) is 5.32 Å². The molecule has 5 nitrogen and oxygen atoms in total. The van der Waals surface area contributed by atoms with Gasteiger partial charge in [-0.15, -0.1) is 0 Å². The van der Waals surface area contributed by atoms with Crippen LogP contribution in [0, 0.1) is 0 Å². The van der Waals surface area contributed by atoms with Gasteiger partial charge >= 0.3 is 0 Å². The first-order valence-electron chi connectivity index (χ1n) is 6.78. The van der Waals surface area contributed by atoms with E-state index in [0.29, 0.717) is 36.3 Å². The van der Waals surface area contributed by atoms with Crippen molar-refractivity contribution in [3.8, 4) is 11.5 Å². The molecule has 2 heterocycles. The van der Waals surface area contributed by atoms with Crippen LogP contribution in [0.1, 0.15) is 11.1 Å². The van der Waals surface area contributed by atoms with Crippen LogP contribution in [0.4, 0.5) is 0 Å². The van der Waals surface area contributed by atoms with Crippen molar-refractivity contribution < 1.29 is 18.7 Å². The summed E-state index contributed by atoms with van der Waals surface area (Å²) in [7, 11) is 0. The summed E-state index contributed by atoms with van der Waals surface area (Å²) in [6.07, 6.45) is 6.27. The Balaban J connectivity index is 1.64. The fraction of sp³-hybridized carbons (Fsp3) is 0.188. The lowest BCUT2D eigenvalue weighted by atomic mass is 10.1. The van der Waals surface area contributed by atoms with E-state index in [9.17, 15) is 4.79 Å². The zero-order valence-electron chi connectivity index (χ0n) is 11.7. The molecule has 2 aromatic rings. The molecule has 0 fully saturated rings. The molecule has 1 aliphatic rings. The number of carbonyl (C=O) groups is 1. The van der Waals surface area contributed by atoms with E-state index in [0.717, 1.165) is 11.1 Å². The van der Waals surface area contributed by atoms with Crippen molar-refractivity contribution in [3.05, 3.63) is 53.0 Å². The molecule has 0 aliphatic carbocycles. The molecule has 3 rings (SSSR count). The summed E-state index contributed by atoms with van der Waals surface area (Å²) in [5.74, 6) is 0.943. The molecule has 0 atom stereocenters. The number of benzene rings is 1. The van der Waals surface area contributed by atoms with E-state index in [1.54, 1.807) is 36.8 Å². The molecule has 0 saturated carbocycles. The molecule has 22 heavy (non-hydrogen) atoms. The molecule has 0 saturated heterocycles. The number of halogens is 1. The summed E-state index contributed by atoms with van der Waals surface area (Å²) in [5.41, 5.74) is 1.68. The van der Waals surface area contributed by atoms with Gasteiger partial charge in [0.1, 0.15) is 13.2 Å². The molecule has 6 heteroatoms. The van der Waals surface area contributed by atoms with Gasteiger partial charge in [-0.25, -0.2) is 0 Å². The minimum absolute atomic E-state index is 0.202. The maximum atomic E-state index is 11.8. The van der Waals surface area contributed by atoms with Crippen LogP contribution < -0.4 is 14.8 Å². The van der Waals surface area contributed by atoms with Crippen LogP contribution in [-0.4, -0.2) is 19.1 Å². The lowest BCUT2D eigenvalue weighted by Gasteiger charge is -2.19. The molecule has 0 bridgehead atoms. The van der Waals surface area contributed by atoms with Gasteiger partial charge in [0.25, 0.3) is 0 Å². The van der Waals surface area contributed by atoms with Crippen molar-refractivity contribution in [2.75, 3.05) is 13.2 Å². The van der Waals surface area contributed by atoms with E-state index < -0.39 is 0 Å². The Bertz CT molecular complexity index is 694. The molecule has 0 unspecified atom stereocenters. The largest absolute Gasteiger partial charge is 0.486 e. The molecule has 0 radical (unpaired) electrons. The standard InChI is InChI=1S/C16H14ClNO4/c17-13-7-11(8-14-16(13)22-6-5-21-14)1-2-15(19)18-9-12-3-4-20-10-12/h1-4,7-8,10H,5-6,9H2,(H,18,19)/b2-1+. The van der Waals surface area contributed by atoms with Crippen LogP contribution in [0.3, 0.4) is 0 Å². The number of fused-ring (bicyclic) bond motifs is 1. The highest BCUT2D eigenvalue weighted by Gasteiger charge is 2.15. The Labute approximate surface area is 132 Å². The highest BCUT2D eigenvalue weighted by atomic mass is 35.5. The lowest BCUT2D eigenvalue weighted by molar-refractivity contribution is -0.116. The zero-order valence-corrected chi connectivity index (χ0v) is 12.4. The zero-order chi connectivity index (χ0) is 15.4. The third kappa shape index (κ3) is 3.43. The number of hydrogen-bond acceptors (Lipinski definition) is 4. The average molecular weight is 320 g/mol. The first-order valence-corrected chi connectivity index (χ1v) is 7.16.